The van der Waals surface area contributed by atoms with Gasteiger partial charge in [-0.15, -0.1) is 0 Å². The van der Waals surface area contributed by atoms with Crippen molar-refractivity contribution in [3.8, 4) is 17.3 Å². The van der Waals surface area contributed by atoms with Crippen LogP contribution in [0, 0.1) is 11.7 Å². The minimum absolute atomic E-state index is 0.0929. The zero-order valence-corrected chi connectivity index (χ0v) is 24.2. The van der Waals surface area contributed by atoms with Crippen molar-refractivity contribution in [1.82, 2.24) is 19.9 Å². The summed E-state index contributed by atoms with van der Waals surface area (Å²) in [5.41, 5.74) is 2.98. The number of fused-ring (bicyclic) bond motifs is 3. The van der Waals surface area contributed by atoms with E-state index in [0.717, 1.165) is 44.4 Å². The Labute approximate surface area is 254 Å². The minimum Gasteiger partial charge on any atom is -0.461 e. The van der Waals surface area contributed by atoms with E-state index in [1.807, 2.05) is 0 Å². The zero-order valence-electron chi connectivity index (χ0n) is 23.5. The van der Waals surface area contributed by atoms with Gasteiger partial charge in [-0.2, -0.15) is 23.1 Å². The average Bonchev–Trinajstić information content (AvgIpc) is 3.32. The third kappa shape index (κ3) is 4.83. The van der Waals surface area contributed by atoms with Crippen LogP contribution in [-0.2, 0) is 6.18 Å². The number of aromatic nitrogens is 3. The Bertz CT molecular complexity index is 1670. The molecule has 4 atom stereocenters. The Morgan fingerprint density at radius 3 is 2.75 bits per heavy atom. The molecule has 7 rings (SSSR count). The van der Waals surface area contributed by atoms with Crippen LogP contribution < -0.4 is 15.4 Å². The van der Waals surface area contributed by atoms with Crippen molar-refractivity contribution < 1.29 is 31.1 Å². The van der Waals surface area contributed by atoms with Gasteiger partial charge in [-0.05, 0) is 56.4 Å². The fourth-order valence-corrected chi connectivity index (χ4v) is 7.69. The topological polar surface area (TPSA) is 80.4 Å². The number of rotatable bonds is 5. The maximum atomic E-state index is 16.4. The molecule has 44 heavy (non-hydrogen) atoms. The monoisotopic (exact) mass is 638 g/mol. The molecule has 5 heterocycles. The van der Waals surface area contributed by atoms with Crippen LogP contribution in [0.2, 0.25) is 5.02 Å². The van der Waals surface area contributed by atoms with Gasteiger partial charge >= 0.3 is 12.2 Å². The molecule has 0 unspecified atom stereocenters. The molecule has 3 aliphatic heterocycles. The lowest BCUT2D eigenvalue weighted by Gasteiger charge is -2.31. The molecule has 3 saturated heterocycles. The molecule has 1 aromatic carbocycles. The summed E-state index contributed by atoms with van der Waals surface area (Å²) in [5.74, 6) is -1.13. The number of ether oxygens (including phenoxy) is 1. The highest BCUT2D eigenvalue weighted by Crippen LogP contribution is 2.49. The summed E-state index contributed by atoms with van der Waals surface area (Å²) in [6, 6.07) is 1.23. The Kier molecular flexibility index (Phi) is 7.11. The van der Waals surface area contributed by atoms with Crippen LogP contribution in [-0.4, -0.2) is 63.8 Å². The summed E-state index contributed by atoms with van der Waals surface area (Å²) < 4.78 is 93.1. The number of nitrogens with zero attached hydrogens (tertiary/aromatic N) is 5. The molecule has 2 N–H and O–H groups in total. The summed E-state index contributed by atoms with van der Waals surface area (Å²) in [5, 5.41) is -0.579. The molecule has 1 saturated carbocycles. The molecule has 4 fully saturated rings. The van der Waals surface area contributed by atoms with Gasteiger partial charge in [-0.25, -0.2) is 13.2 Å². The summed E-state index contributed by atoms with van der Waals surface area (Å²) in [6.45, 7) is 1.79. The van der Waals surface area contributed by atoms with E-state index in [1.165, 1.54) is 6.20 Å². The van der Waals surface area contributed by atoms with Gasteiger partial charge in [0.1, 0.15) is 29.8 Å². The molecule has 4 aliphatic rings. The number of alkyl halides is 4. The van der Waals surface area contributed by atoms with Gasteiger partial charge in [0, 0.05) is 36.5 Å². The zero-order chi connectivity index (χ0) is 31.0. The molecule has 3 aromatic rings. The van der Waals surface area contributed by atoms with Gasteiger partial charge in [0.2, 0.25) is 0 Å². The summed E-state index contributed by atoms with van der Waals surface area (Å²) >= 11 is 5.94. The van der Waals surface area contributed by atoms with Crippen molar-refractivity contribution in [2.45, 2.75) is 62.5 Å². The lowest BCUT2D eigenvalue weighted by molar-refractivity contribution is -0.137. The van der Waals surface area contributed by atoms with Crippen LogP contribution in [0.5, 0.6) is 6.01 Å². The molecule has 234 valence electrons. The number of pyridine rings is 1. The first-order valence-electron chi connectivity index (χ1n) is 14.6. The second kappa shape index (κ2) is 10.6. The summed E-state index contributed by atoms with van der Waals surface area (Å²) in [6.07, 6.45) is 0.199. The maximum Gasteiger partial charge on any atom is 0.418 e. The number of benzene rings is 1. The first-order valence-corrected chi connectivity index (χ1v) is 15.0. The predicted molar refractivity (Wildman–Crippen MR) is 153 cm³/mol. The molecule has 0 amide bonds. The van der Waals surface area contributed by atoms with Gasteiger partial charge in [0.15, 0.2) is 5.82 Å². The van der Waals surface area contributed by atoms with Crippen molar-refractivity contribution >= 4 is 34.0 Å². The molecule has 0 spiro atoms. The number of anilines is 2. The molecule has 7 nitrogen and oxygen atoms in total. The van der Waals surface area contributed by atoms with E-state index < -0.39 is 51.6 Å². The summed E-state index contributed by atoms with van der Waals surface area (Å²) in [4.78, 5) is 16.9. The fraction of sp³-hybridized carbons (Fsp3) is 0.500. The standard InChI is InChI=1S/C30H29ClF6N6O/c31-20-9-16(38)8-18(21(20)30(35,36)37)24-23(34)25-19(12-39-24)27(43-7-2-1-4-17-22(33)26(17)43)41-28(40-25)44-14-29-5-3-6-42(29)13-15(10-29)11-32/h8-9,11-12,17,22,26H,1-7,10,13-14,38H2/b15-11+/t17-,22-,26-,29+/m1/s1. The third-order valence-corrected chi connectivity index (χ3v) is 9.76. The van der Waals surface area contributed by atoms with Crippen molar-refractivity contribution in [1.29, 1.82) is 0 Å². The fourth-order valence-electron chi connectivity index (χ4n) is 7.35. The molecule has 14 heteroatoms. The van der Waals surface area contributed by atoms with E-state index in [2.05, 4.69) is 19.9 Å². The van der Waals surface area contributed by atoms with Gasteiger partial charge in [-0.1, -0.05) is 18.0 Å². The van der Waals surface area contributed by atoms with Crippen LogP contribution in [0.25, 0.3) is 22.2 Å². The number of nitrogen functional groups attached to an aromatic ring is 1. The van der Waals surface area contributed by atoms with Gasteiger partial charge in [0.05, 0.1) is 33.9 Å². The molecule has 0 radical (unpaired) electrons. The highest BCUT2D eigenvalue weighted by Gasteiger charge is 2.55. The maximum absolute atomic E-state index is 16.4. The second-order valence-corrected chi connectivity index (χ2v) is 12.6. The van der Waals surface area contributed by atoms with Crippen molar-refractivity contribution in [2.75, 3.05) is 36.9 Å². The van der Waals surface area contributed by atoms with E-state index in [-0.39, 0.29) is 40.9 Å². The Hall–Kier alpha value is -3.32. The van der Waals surface area contributed by atoms with Crippen molar-refractivity contribution in [3.63, 3.8) is 0 Å². The SMILES string of the molecule is Nc1cc(Cl)c(C(F)(F)F)c(-c2ncc3c(N4CCCC[C@@H]5[C@@H](F)[C@@H]54)nc(OC[C@@]45CCCN4C/C(=C/F)C5)nc3c2F)c1. The Morgan fingerprint density at radius 1 is 1.16 bits per heavy atom. The van der Waals surface area contributed by atoms with Crippen LogP contribution >= 0.6 is 11.6 Å². The van der Waals surface area contributed by atoms with Crippen molar-refractivity contribution in [3.05, 3.63) is 46.6 Å². The number of hydrogen-bond donors (Lipinski definition) is 1. The van der Waals surface area contributed by atoms with Gasteiger partial charge < -0.3 is 15.4 Å². The van der Waals surface area contributed by atoms with E-state index in [0.29, 0.717) is 37.8 Å². The average molecular weight is 639 g/mol. The second-order valence-electron chi connectivity index (χ2n) is 12.2. The molecule has 1 aliphatic carbocycles. The van der Waals surface area contributed by atoms with E-state index >= 15 is 4.39 Å². The minimum atomic E-state index is -4.93. The van der Waals surface area contributed by atoms with E-state index in [1.54, 1.807) is 4.90 Å². The third-order valence-electron chi connectivity index (χ3n) is 9.46. The first kappa shape index (κ1) is 29.4. The Morgan fingerprint density at radius 2 is 1.98 bits per heavy atom. The molecular weight excluding hydrogens is 610 g/mol. The molecule has 2 aromatic heterocycles. The quantitative estimate of drug-likeness (QED) is 0.241. The number of hydrogen-bond acceptors (Lipinski definition) is 7. The predicted octanol–water partition coefficient (Wildman–Crippen LogP) is 6.88. The smallest absolute Gasteiger partial charge is 0.418 e. The highest BCUT2D eigenvalue weighted by molar-refractivity contribution is 6.32. The lowest BCUT2D eigenvalue weighted by Crippen LogP contribution is -2.43. The first-order chi connectivity index (χ1) is 21.0. The van der Waals surface area contributed by atoms with Crippen LogP contribution in [0.3, 0.4) is 0 Å². The Balaban J connectivity index is 1.36. The van der Waals surface area contributed by atoms with Gasteiger partial charge in [0.25, 0.3) is 0 Å². The summed E-state index contributed by atoms with van der Waals surface area (Å²) in [7, 11) is 0. The lowest BCUT2D eigenvalue weighted by atomic mass is 9.94. The largest absolute Gasteiger partial charge is 0.461 e. The van der Waals surface area contributed by atoms with Crippen LogP contribution in [0.4, 0.5) is 37.8 Å². The molecule has 0 bridgehead atoms. The van der Waals surface area contributed by atoms with Gasteiger partial charge in [-0.3, -0.25) is 9.88 Å². The number of nitrogens with two attached hydrogens (primary N) is 1. The molecular formula is C30H29ClF6N6O. The highest BCUT2D eigenvalue weighted by atomic mass is 35.5. The van der Waals surface area contributed by atoms with E-state index in [9.17, 15) is 22.0 Å². The number of halogens is 7. The van der Waals surface area contributed by atoms with E-state index in [4.69, 9.17) is 22.1 Å². The van der Waals surface area contributed by atoms with Crippen molar-refractivity contribution in [2.24, 2.45) is 5.92 Å². The van der Waals surface area contributed by atoms with Crippen LogP contribution in [0.1, 0.15) is 44.1 Å². The normalized spacial score (nSPS) is 27.9. The van der Waals surface area contributed by atoms with Crippen LogP contribution in [0.15, 0.2) is 30.2 Å².